The summed E-state index contributed by atoms with van der Waals surface area (Å²) in [5, 5.41) is 10.4. The summed E-state index contributed by atoms with van der Waals surface area (Å²) in [6.45, 7) is 5.22. The molecule has 0 amide bonds. The molecule has 0 unspecified atom stereocenters. The minimum atomic E-state index is 0.820. The van der Waals surface area contributed by atoms with Crippen LogP contribution >= 0.6 is 0 Å². The fourth-order valence-corrected chi connectivity index (χ4v) is 9.67. The highest BCUT2D eigenvalue weighted by Crippen LogP contribution is 2.41. The molecule has 0 bridgehead atoms. The number of nitrogens with zero attached hydrogens (tertiary/aromatic N) is 4. The molecule has 0 saturated carbocycles. The van der Waals surface area contributed by atoms with E-state index in [2.05, 4.69) is 258 Å². The number of benzene rings is 8. The SMILES string of the molecule is CC/C=C\C=C/Cn1c2ccccc2c2cc(-c3ccc(N(c4ccc(-c5ccccc5)cc4)c4ccc(-c5nn6c(-c7ccccc7)cc7ccccc7c6c5CC)cc4)cc3)ccc21. The Kier molecular flexibility index (Phi) is 10.9. The quantitative estimate of drug-likeness (QED) is 0.114. The van der Waals surface area contributed by atoms with Crippen molar-refractivity contribution in [2.45, 2.75) is 33.2 Å². The summed E-state index contributed by atoms with van der Waals surface area (Å²) in [5.74, 6) is 0. The van der Waals surface area contributed by atoms with Crippen LogP contribution < -0.4 is 4.90 Å². The van der Waals surface area contributed by atoms with Gasteiger partial charge in [0.2, 0.25) is 0 Å². The Morgan fingerprint density at radius 3 is 1.65 bits per heavy atom. The highest BCUT2D eigenvalue weighted by Gasteiger charge is 2.21. The van der Waals surface area contributed by atoms with Gasteiger partial charge in [0.15, 0.2) is 0 Å². The van der Waals surface area contributed by atoms with Crippen molar-refractivity contribution >= 4 is 55.2 Å². The van der Waals surface area contributed by atoms with Crippen LogP contribution in [0.5, 0.6) is 0 Å². The van der Waals surface area contributed by atoms with Crippen LogP contribution in [0.15, 0.2) is 231 Å². The lowest BCUT2D eigenvalue weighted by atomic mass is 10.00. The minimum Gasteiger partial charge on any atom is -0.337 e. The Labute approximate surface area is 386 Å². The molecule has 4 heteroatoms. The highest BCUT2D eigenvalue weighted by molar-refractivity contribution is 6.09. The van der Waals surface area contributed by atoms with Gasteiger partial charge in [0, 0.05) is 67.5 Å². The molecule has 0 atom stereocenters. The molecule has 3 aromatic heterocycles. The molecular weight excluding hydrogens is 801 g/mol. The van der Waals surface area contributed by atoms with E-state index in [1.165, 1.54) is 65.9 Å². The van der Waals surface area contributed by atoms with Crippen LogP contribution in [-0.2, 0) is 13.0 Å². The maximum absolute atomic E-state index is 5.40. The maximum Gasteiger partial charge on any atom is 0.0966 e. The lowest BCUT2D eigenvalue weighted by Gasteiger charge is -2.26. The molecule has 0 N–H and O–H groups in total. The van der Waals surface area contributed by atoms with Crippen LogP contribution in [0, 0.1) is 0 Å². The van der Waals surface area contributed by atoms with E-state index in [0.717, 1.165) is 59.0 Å². The van der Waals surface area contributed by atoms with Gasteiger partial charge in [-0.2, -0.15) is 5.10 Å². The highest BCUT2D eigenvalue weighted by atomic mass is 15.2. The third-order valence-electron chi connectivity index (χ3n) is 12.9. The van der Waals surface area contributed by atoms with Crippen molar-refractivity contribution in [2.24, 2.45) is 0 Å². The van der Waals surface area contributed by atoms with E-state index in [-0.39, 0.29) is 0 Å². The van der Waals surface area contributed by atoms with E-state index in [1.54, 1.807) is 0 Å². The van der Waals surface area contributed by atoms with E-state index in [0.29, 0.717) is 0 Å². The molecule has 0 aliphatic heterocycles. The van der Waals surface area contributed by atoms with Gasteiger partial charge < -0.3 is 9.47 Å². The van der Waals surface area contributed by atoms with Crippen molar-refractivity contribution in [1.29, 1.82) is 0 Å². The van der Waals surface area contributed by atoms with Crippen LogP contribution in [0.3, 0.4) is 0 Å². The second kappa shape index (κ2) is 17.8. The van der Waals surface area contributed by atoms with Gasteiger partial charge in [0.25, 0.3) is 0 Å². The fourth-order valence-electron chi connectivity index (χ4n) is 9.67. The predicted molar refractivity (Wildman–Crippen MR) is 280 cm³/mol. The van der Waals surface area contributed by atoms with Crippen molar-refractivity contribution in [3.63, 3.8) is 0 Å². The van der Waals surface area contributed by atoms with Crippen LogP contribution in [0.25, 0.3) is 82.9 Å². The molecule has 11 rings (SSSR count). The minimum absolute atomic E-state index is 0.820. The number of pyridine rings is 1. The molecule has 0 saturated heterocycles. The molecule has 8 aromatic carbocycles. The van der Waals surface area contributed by atoms with Crippen LogP contribution in [-0.4, -0.2) is 14.2 Å². The topological polar surface area (TPSA) is 25.5 Å². The van der Waals surface area contributed by atoms with E-state index in [1.807, 2.05) is 0 Å². The molecular formula is C62H50N4. The van der Waals surface area contributed by atoms with Crippen LogP contribution in [0.1, 0.15) is 25.8 Å². The number of fused-ring (bicyclic) bond motifs is 6. The summed E-state index contributed by atoms with van der Waals surface area (Å²) >= 11 is 0. The lowest BCUT2D eigenvalue weighted by molar-refractivity contribution is 0.899. The third-order valence-corrected chi connectivity index (χ3v) is 12.9. The second-order valence-electron chi connectivity index (χ2n) is 16.9. The zero-order valence-electron chi connectivity index (χ0n) is 37.3. The summed E-state index contributed by atoms with van der Waals surface area (Å²) in [4.78, 5) is 2.35. The third kappa shape index (κ3) is 7.46. The Morgan fingerprint density at radius 1 is 0.455 bits per heavy atom. The van der Waals surface area contributed by atoms with Crippen LogP contribution in [0.2, 0.25) is 0 Å². The van der Waals surface area contributed by atoms with E-state index < -0.39 is 0 Å². The number of aromatic nitrogens is 3. The van der Waals surface area contributed by atoms with Gasteiger partial charge in [0.1, 0.15) is 0 Å². The fraction of sp³-hybridized carbons (Fsp3) is 0.0806. The normalized spacial score (nSPS) is 11.8. The molecule has 66 heavy (non-hydrogen) atoms. The summed E-state index contributed by atoms with van der Waals surface area (Å²) in [6.07, 6.45) is 10.6. The van der Waals surface area contributed by atoms with Crippen molar-refractivity contribution < 1.29 is 0 Å². The van der Waals surface area contributed by atoms with Crippen molar-refractivity contribution in [2.75, 3.05) is 4.90 Å². The molecule has 0 fully saturated rings. The Hall–Kier alpha value is -8.21. The maximum atomic E-state index is 5.40. The predicted octanol–water partition coefficient (Wildman–Crippen LogP) is 16.8. The average Bonchev–Trinajstić information content (AvgIpc) is 3.93. The number of para-hydroxylation sites is 1. The monoisotopic (exact) mass is 850 g/mol. The van der Waals surface area contributed by atoms with Crippen LogP contribution in [0.4, 0.5) is 17.1 Å². The number of anilines is 3. The van der Waals surface area contributed by atoms with Gasteiger partial charge in [-0.3, -0.25) is 0 Å². The van der Waals surface area contributed by atoms with Gasteiger partial charge in [-0.25, -0.2) is 4.52 Å². The molecule has 3 heterocycles. The Bertz CT molecular complexity index is 3540. The Morgan fingerprint density at radius 2 is 0.985 bits per heavy atom. The van der Waals surface area contributed by atoms with Crippen molar-refractivity contribution in [3.05, 3.63) is 236 Å². The van der Waals surface area contributed by atoms with Gasteiger partial charge in [-0.1, -0.05) is 184 Å². The first-order valence-corrected chi connectivity index (χ1v) is 23.1. The van der Waals surface area contributed by atoms with Gasteiger partial charge in [0.05, 0.1) is 16.9 Å². The first kappa shape index (κ1) is 40.6. The number of rotatable bonds is 12. The van der Waals surface area contributed by atoms with Gasteiger partial charge in [-0.05, 0) is 101 Å². The molecule has 0 spiro atoms. The number of aryl methyl sites for hydroxylation is 1. The second-order valence-corrected chi connectivity index (χ2v) is 16.9. The average molecular weight is 851 g/mol. The summed E-state index contributed by atoms with van der Waals surface area (Å²) < 4.78 is 4.59. The summed E-state index contributed by atoms with van der Waals surface area (Å²) in [5.41, 5.74) is 17.3. The molecule has 11 aromatic rings. The smallest absolute Gasteiger partial charge is 0.0966 e. The van der Waals surface area contributed by atoms with E-state index in [9.17, 15) is 0 Å². The molecule has 318 valence electrons. The largest absolute Gasteiger partial charge is 0.337 e. The van der Waals surface area contributed by atoms with Crippen molar-refractivity contribution in [3.8, 4) is 44.8 Å². The Balaban J connectivity index is 0.977. The number of hydrogen-bond donors (Lipinski definition) is 0. The first-order chi connectivity index (χ1) is 32.7. The number of allylic oxidation sites excluding steroid dienone is 4. The summed E-state index contributed by atoms with van der Waals surface area (Å²) in [6, 6.07) is 74.7. The first-order valence-electron chi connectivity index (χ1n) is 23.1. The van der Waals surface area contributed by atoms with Gasteiger partial charge in [-0.15, -0.1) is 0 Å². The molecule has 0 aliphatic rings. The lowest BCUT2D eigenvalue weighted by Crippen LogP contribution is -2.09. The van der Waals surface area contributed by atoms with E-state index in [4.69, 9.17) is 5.10 Å². The molecule has 0 radical (unpaired) electrons. The van der Waals surface area contributed by atoms with Gasteiger partial charge >= 0.3 is 0 Å². The number of hydrogen-bond acceptors (Lipinski definition) is 2. The zero-order valence-corrected chi connectivity index (χ0v) is 37.3. The molecule has 4 nitrogen and oxygen atoms in total. The summed E-state index contributed by atoms with van der Waals surface area (Å²) in [7, 11) is 0. The zero-order chi connectivity index (χ0) is 44.4. The standard InChI is InChI=1S/C62H50N4/c1-3-5-6-7-18-41-64-58-26-17-16-25-56(58)57-42-49(33-40-59(57)64)46-29-36-52(37-30-46)65(51-34-27-45(28-35-51)44-19-10-8-11-20-44)53-38-31-48(32-39-53)61-54(4-2)62-55-24-15-14-23-50(55)43-60(66(62)63-61)47-21-12-9-13-22-47/h5-40,42-43H,3-4,41H2,1-2H3/b6-5-,18-7-. The van der Waals surface area contributed by atoms with Crippen molar-refractivity contribution in [1.82, 2.24) is 14.2 Å². The van der Waals surface area contributed by atoms with E-state index >= 15 is 0 Å². The molecule has 0 aliphatic carbocycles.